The number of para-hydroxylation sites is 1. The predicted octanol–water partition coefficient (Wildman–Crippen LogP) is 3.91. The molecule has 6 nitrogen and oxygen atoms in total. The molecule has 4 rings (SSSR count). The first kappa shape index (κ1) is 20.1. The van der Waals surface area contributed by atoms with Crippen LogP contribution in [0.2, 0.25) is 0 Å². The molecule has 2 heterocycles. The molecule has 0 N–H and O–H groups in total. The minimum atomic E-state index is -0.937. The highest BCUT2D eigenvalue weighted by Crippen LogP contribution is 2.40. The van der Waals surface area contributed by atoms with Crippen LogP contribution in [0, 0.1) is 0 Å². The molecular formula is C24H25NO5. The standard InChI is InChI=1S/C24H25NO5/c1-13-14(2)29-23-19(13)6-5-7-20(23)24(28)30-15(3)22(27)18-8-9-21-17(12-18)10-11-25(21)16(4)26/h5-9,12-15H,10-11H2,1-4H3/t13-,14+,15+/m1/s1. The predicted molar refractivity (Wildman–Crippen MR) is 112 cm³/mol. The molecule has 3 atom stereocenters. The van der Waals surface area contributed by atoms with E-state index in [2.05, 4.69) is 6.92 Å². The summed E-state index contributed by atoms with van der Waals surface area (Å²) in [5.41, 5.74) is 3.57. The van der Waals surface area contributed by atoms with Crippen molar-refractivity contribution in [2.75, 3.05) is 11.4 Å². The lowest BCUT2D eigenvalue weighted by Gasteiger charge is -2.16. The lowest BCUT2D eigenvalue weighted by molar-refractivity contribution is -0.116. The highest BCUT2D eigenvalue weighted by atomic mass is 16.5. The molecule has 2 aromatic carbocycles. The Morgan fingerprint density at radius 1 is 1.17 bits per heavy atom. The molecule has 0 saturated heterocycles. The van der Waals surface area contributed by atoms with Gasteiger partial charge in [-0.1, -0.05) is 19.1 Å². The monoisotopic (exact) mass is 407 g/mol. The third kappa shape index (κ3) is 3.36. The number of ketones is 1. The number of anilines is 1. The second-order valence-electron chi connectivity index (χ2n) is 8.01. The summed E-state index contributed by atoms with van der Waals surface area (Å²) in [6.45, 7) is 7.74. The number of Topliss-reactive ketones (excluding diaryl/α,β-unsaturated/α-hetero) is 1. The molecule has 1 amide bonds. The van der Waals surface area contributed by atoms with Crippen LogP contribution in [0.5, 0.6) is 5.75 Å². The molecule has 0 aliphatic carbocycles. The Bertz CT molecular complexity index is 1040. The van der Waals surface area contributed by atoms with Crippen molar-refractivity contribution < 1.29 is 23.9 Å². The van der Waals surface area contributed by atoms with E-state index in [9.17, 15) is 14.4 Å². The van der Waals surface area contributed by atoms with Crippen LogP contribution in [0.25, 0.3) is 0 Å². The quantitative estimate of drug-likeness (QED) is 0.568. The Kier molecular flexibility index (Phi) is 5.10. The van der Waals surface area contributed by atoms with Gasteiger partial charge in [0.15, 0.2) is 6.10 Å². The lowest BCUT2D eigenvalue weighted by atomic mass is 9.97. The summed E-state index contributed by atoms with van der Waals surface area (Å²) in [6.07, 6.45) is -0.254. The average molecular weight is 407 g/mol. The lowest BCUT2D eigenvalue weighted by Crippen LogP contribution is -2.26. The summed E-state index contributed by atoms with van der Waals surface area (Å²) in [5.74, 6) is -0.131. The van der Waals surface area contributed by atoms with Crippen LogP contribution in [0.4, 0.5) is 5.69 Å². The summed E-state index contributed by atoms with van der Waals surface area (Å²) in [7, 11) is 0. The van der Waals surface area contributed by atoms with Crippen molar-refractivity contribution in [1.82, 2.24) is 0 Å². The maximum Gasteiger partial charge on any atom is 0.342 e. The van der Waals surface area contributed by atoms with Gasteiger partial charge in [-0.25, -0.2) is 4.79 Å². The van der Waals surface area contributed by atoms with Crippen molar-refractivity contribution in [1.29, 1.82) is 0 Å². The molecule has 0 unspecified atom stereocenters. The van der Waals surface area contributed by atoms with Gasteiger partial charge < -0.3 is 14.4 Å². The smallest absolute Gasteiger partial charge is 0.342 e. The van der Waals surface area contributed by atoms with Gasteiger partial charge in [0, 0.05) is 36.2 Å². The molecule has 0 radical (unpaired) electrons. The number of ether oxygens (including phenoxy) is 2. The number of nitrogens with zero attached hydrogens (tertiary/aromatic N) is 1. The first-order chi connectivity index (χ1) is 14.3. The van der Waals surface area contributed by atoms with Gasteiger partial charge in [-0.05, 0) is 50.1 Å². The maximum atomic E-state index is 12.9. The molecule has 0 saturated carbocycles. The van der Waals surface area contributed by atoms with Gasteiger partial charge in [0.25, 0.3) is 0 Å². The molecule has 0 bridgehead atoms. The first-order valence-corrected chi connectivity index (χ1v) is 10.2. The minimum Gasteiger partial charge on any atom is -0.489 e. The number of hydrogen-bond acceptors (Lipinski definition) is 5. The Morgan fingerprint density at radius 2 is 1.93 bits per heavy atom. The van der Waals surface area contributed by atoms with Gasteiger partial charge in [0.05, 0.1) is 0 Å². The summed E-state index contributed by atoms with van der Waals surface area (Å²) in [5, 5.41) is 0. The zero-order valence-corrected chi connectivity index (χ0v) is 17.6. The van der Waals surface area contributed by atoms with Crippen molar-refractivity contribution >= 4 is 23.3 Å². The summed E-state index contributed by atoms with van der Waals surface area (Å²) in [4.78, 5) is 39.0. The SMILES string of the molecule is CC(=O)N1CCc2cc(C(=O)[C@H](C)OC(=O)c3cccc4c3O[C@@H](C)[C@H]4C)ccc21. The highest BCUT2D eigenvalue weighted by Gasteiger charge is 2.33. The van der Waals surface area contributed by atoms with E-state index >= 15 is 0 Å². The largest absolute Gasteiger partial charge is 0.489 e. The van der Waals surface area contributed by atoms with E-state index in [0.717, 1.165) is 16.8 Å². The molecule has 156 valence electrons. The second-order valence-corrected chi connectivity index (χ2v) is 8.01. The zero-order chi connectivity index (χ0) is 21.6. The molecule has 2 aliphatic rings. The molecule has 30 heavy (non-hydrogen) atoms. The summed E-state index contributed by atoms with van der Waals surface area (Å²) in [6, 6.07) is 10.7. The number of amides is 1. The average Bonchev–Trinajstić information content (AvgIpc) is 3.27. The summed E-state index contributed by atoms with van der Waals surface area (Å²) >= 11 is 0. The zero-order valence-electron chi connectivity index (χ0n) is 17.6. The fourth-order valence-corrected chi connectivity index (χ4v) is 4.14. The number of benzene rings is 2. The van der Waals surface area contributed by atoms with Gasteiger partial charge in [0.2, 0.25) is 11.7 Å². The topological polar surface area (TPSA) is 72.9 Å². The number of carbonyl (C=O) groups excluding carboxylic acids is 3. The highest BCUT2D eigenvalue weighted by molar-refractivity contribution is 6.03. The molecular weight excluding hydrogens is 382 g/mol. The van der Waals surface area contributed by atoms with Crippen LogP contribution in [0.15, 0.2) is 36.4 Å². The Balaban J connectivity index is 1.50. The van der Waals surface area contributed by atoms with Gasteiger partial charge in [-0.3, -0.25) is 9.59 Å². The van der Waals surface area contributed by atoms with Gasteiger partial charge in [-0.2, -0.15) is 0 Å². The van der Waals surface area contributed by atoms with Crippen molar-refractivity contribution in [3.8, 4) is 5.75 Å². The minimum absolute atomic E-state index is 0.0172. The number of fused-ring (bicyclic) bond motifs is 2. The van der Waals surface area contributed by atoms with Crippen LogP contribution in [-0.2, 0) is 16.0 Å². The summed E-state index contributed by atoms with van der Waals surface area (Å²) < 4.78 is 11.4. The number of hydrogen-bond donors (Lipinski definition) is 0. The van der Waals surface area contributed by atoms with Crippen molar-refractivity contribution in [2.45, 2.75) is 52.2 Å². The van der Waals surface area contributed by atoms with Crippen molar-refractivity contribution in [2.24, 2.45) is 0 Å². The van der Waals surface area contributed by atoms with E-state index in [1.165, 1.54) is 6.92 Å². The Hall–Kier alpha value is -3.15. The van der Waals surface area contributed by atoms with Gasteiger partial charge >= 0.3 is 5.97 Å². The molecule has 0 aromatic heterocycles. The van der Waals surface area contributed by atoms with E-state index in [-0.39, 0.29) is 23.7 Å². The van der Waals surface area contributed by atoms with Crippen LogP contribution in [0.1, 0.15) is 65.5 Å². The normalized spacial score (nSPS) is 20.2. The van der Waals surface area contributed by atoms with E-state index in [1.807, 2.05) is 13.0 Å². The van der Waals surface area contributed by atoms with Gasteiger partial charge in [0.1, 0.15) is 17.4 Å². The third-order valence-corrected chi connectivity index (χ3v) is 6.06. The molecule has 0 fully saturated rings. The Morgan fingerprint density at radius 3 is 2.67 bits per heavy atom. The first-order valence-electron chi connectivity index (χ1n) is 10.2. The number of esters is 1. The fraction of sp³-hybridized carbons (Fsp3) is 0.375. The third-order valence-electron chi connectivity index (χ3n) is 6.06. The van der Waals surface area contributed by atoms with Gasteiger partial charge in [-0.15, -0.1) is 0 Å². The molecule has 2 aromatic rings. The molecule has 2 aliphatic heterocycles. The van der Waals surface area contributed by atoms with E-state index in [0.29, 0.717) is 29.8 Å². The number of rotatable bonds is 4. The van der Waals surface area contributed by atoms with E-state index in [4.69, 9.17) is 9.47 Å². The van der Waals surface area contributed by atoms with E-state index in [1.54, 1.807) is 42.2 Å². The fourth-order valence-electron chi connectivity index (χ4n) is 4.14. The number of carbonyl (C=O) groups is 3. The maximum absolute atomic E-state index is 12.9. The second kappa shape index (κ2) is 7.59. The molecule has 6 heteroatoms. The van der Waals surface area contributed by atoms with Crippen LogP contribution in [-0.4, -0.2) is 36.4 Å². The molecule has 0 spiro atoms. The Labute approximate surface area is 175 Å². The van der Waals surface area contributed by atoms with E-state index < -0.39 is 12.1 Å². The van der Waals surface area contributed by atoms with Crippen molar-refractivity contribution in [3.63, 3.8) is 0 Å². The van der Waals surface area contributed by atoms with Crippen LogP contribution < -0.4 is 9.64 Å². The van der Waals surface area contributed by atoms with Crippen molar-refractivity contribution in [3.05, 3.63) is 58.7 Å². The van der Waals surface area contributed by atoms with Crippen LogP contribution in [0.3, 0.4) is 0 Å². The van der Waals surface area contributed by atoms with Crippen LogP contribution >= 0.6 is 0 Å².